The van der Waals surface area contributed by atoms with Crippen LogP contribution < -0.4 is 11.3 Å². The lowest BCUT2D eigenvalue weighted by atomic mass is 9.79. The lowest BCUT2D eigenvalue weighted by molar-refractivity contribution is -0.0850. The van der Waals surface area contributed by atoms with Crippen LogP contribution >= 0.6 is 11.8 Å². The van der Waals surface area contributed by atoms with E-state index in [1.165, 1.54) is 17.7 Å². The van der Waals surface area contributed by atoms with E-state index >= 15 is 0 Å². The first kappa shape index (κ1) is 14.4. The zero-order valence-electron chi connectivity index (χ0n) is 11.9. The van der Waals surface area contributed by atoms with Gasteiger partial charge in [-0.05, 0) is 42.9 Å². The molecule has 2 fully saturated rings. The molecule has 0 aromatic heterocycles. The van der Waals surface area contributed by atoms with Gasteiger partial charge in [0.1, 0.15) is 0 Å². The summed E-state index contributed by atoms with van der Waals surface area (Å²) in [6, 6.07) is 11.0. The molecule has 110 valence electrons. The highest BCUT2D eigenvalue weighted by Crippen LogP contribution is 2.41. The summed E-state index contributed by atoms with van der Waals surface area (Å²) in [6.07, 6.45) is 4.48. The van der Waals surface area contributed by atoms with Gasteiger partial charge in [-0.25, -0.2) is 0 Å². The number of benzene rings is 1. The molecule has 0 amide bonds. The molecule has 3 nitrogen and oxygen atoms in total. The summed E-state index contributed by atoms with van der Waals surface area (Å²) in [5.41, 5.74) is 4.56. The van der Waals surface area contributed by atoms with E-state index in [0.29, 0.717) is 12.0 Å². The number of nitrogens with one attached hydrogen (secondary N) is 1. The summed E-state index contributed by atoms with van der Waals surface area (Å²) in [4.78, 5) is 0. The molecular weight excluding hydrogens is 268 g/mol. The zero-order chi connectivity index (χ0) is 13.8. The molecule has 4 heteroatoms. The first-order chi connectivity index (χ1) is 9.81. The first-order valence-electron chi connectivity index (χ1n) is 7.53. The van der Waals surface area contributed by atoms with E-state index in [1.807, 2.05) is 11.8 Å². The summed E-state index contributed by atoms with van der Waals surface area (Å²) in [5.74, 6) is 8.86. The number of nitrogens with two attached hydrogens (primary N) is 1. The second kappa shape index (κ2) is 6.48. The van der Waals surface area contributed by atoms with Crippen molar-refractivity contribution in [2.24, 2.45) is 11.8 Å². The van der Waals surface area contributed by atoms with Crippen LogP contribution in [0.5, 0.6) is 0 Å². The molecule has 0 radical (unpaired) electrons. The van der Waals surface area contributed by atoms with Crippen LogP contribution in [0, 0.1) is 5.92 Å². The standard InChI is InChI=1S/C16H24N2OS/c17-18-15(10-13-4-2-1-3-5-13)14-6-8-19-16(11-14)7-9-20-12-16/h1-5,14-15,18H,6-12,17H2. The molecule has 0 bridgehead atoms. The Balaban J connectivity index is 1.66. The van der Waals surface area contributed by atoms with Crippen LogP contribution in [-0.2, 0) is 11.2 Å². The lowest BCUT2D eigenvalue weighted by Gasteiger charge is -2.40. The van der Waals surface area contributed by atoms with Crippen LogP contribution in [0.3, 0.4) is 0 Å². The van der Waals surface area contributed by atoms with Crippen LogP contribution in [0.2, 0.25) is 0 Å². The van der Waals surface area contributed by atoms with E-state index in [0.717, 1.165) is 31.6 Å². The number of ether oxygens (including phenoxy) is 1. The van der Waals surface area contributed by atoms with Crippen LogP contribution in [0.15, 0.2) is 30.3 Å². The van der Waals surface area contributed by atoms with Crippen molar-refractivity contribution >= 4 is 11.8 Å². The summed E-state index contributed by atoms with van der Waals surface area (Å²) in [5, 5.41) is 0. The topological polar surface area (TPSA) is 47.3 Å². The summed E-state index contributed by atoms with van der Waals surface area (Å²) < 4.78 is 6.11. The maximum absolute atomic E-state index is 6.11. The van der Waals surface area contributed by atoms with Crippen molar-refractivity contribution in [1.82, 2.24) is 5.43 Å². The average molecular weight is 292 g/mol. The van der Waals surface area contributed by atoms with E-state index in [2.05, 4.69) is 35.8 Å². The maximum Gasteiger partial charge on any atom is 0.0783 e. The van der Waals surface area contributed by atoms with Gasteiger partial charge in [-0.3, -0.25) is 11.3 Å². The van der Waals surface area contributed by atoms with E-state index in [4.69, 9.17) is 10.6 Å². The quantitative estimate of drug-likeness (QED) is 0.661. The molecule has 3 rings (SSSR count). The van der Waals surface area contributed by atoms with Crippen LogP contribution in [0.4, 0.5) is 0 Å². The third kappa shape index (κ3) is 3.19. The summed E-state index contributed by atoms with van der Waals surface area (Å²) in [6.45, 7) is 0.887. The normalized spacial score (nSPS) is 31.6. The van der Waals surface area contributed by atoms with Gasteiger partial charge in [0.25, 0.3) is 0 Å². The van der Waals surface area contributed by atoms with Crippen molar-refractivity contribution in [2.45, 2.75) is 37.3 Å². The highest BCUT2D eigenvalue weighted by Gasteiger charge is 2.42. The summed E-state index contributed by atoms with van der Waals surface area (Å²) in [7, 11) is 0. The number of hydrazine groups is 1. The largest absolute Gasteiger partial charge is 0.374 e. The number of thioether (sulfide) groups is 1. The second-order valence-electron chi connectivity index (χ2n) is 6.05. The lowest BCUT2D eigenvalue weighted by Crippen LogP contribution is -2.49. The number of hydrogen-bond acceptors (Lipinski definition) is 4. The third-order valence-electron chi connectivity index (χ3n) is 4.68. The van der Waals surface area contributed by atoms with Gasteiger partial charge in [0.15, 0.2) is 0 Å². The van der Waals surface area contributed by atoms with Crippen molar-refractivity contribution in [3.05, 3.63) is 35.9 Å². The average Bonchev–Trinajstić information content (AvgIpc) is 2.93. The fourth-order valence-corrected chi connectivity index (χ4v) is 4.88. The van der Waals surface area contributed by atoms with E-state index in [1.54, 1.807) is 0 Å². The highest BCUT2D eigenvalue weighted by atomic mass is 32.2. The van der Waals surface area contributed by atoms with Gasteiger partial charge in [0, 0.05) is 18.4 Å². The molecule has 1 spiro atoms. The van der Waals surface area contributed by atoms with E-state index in [9.17, 15) is 0 Å². The molecule has 3 unspecified atom stereocenters. The van der Waals surface area contributed by atoms with E-state index < -0.39 is 0 Å². The van der Waals surface area contributed by atoms with Gasteiger partial charge < -0.3 is 4.74 Å². The molecule has 0 aliphatic carbocycles. The van der Waals surface area contributed by atoms with Crippen molar-refractivity contribution in [3.8, 4) is 0 Å². The van der Waals surface area contributed by atoms with Crippen LogP contribution in [0.1, 0.15) is 24.8 Å². The van der Waals surface area contributed by atoms with Gasteiger partial charge in [0.2, 0.25) is 0 Å². The SMILES string of the molecule is NNC(Cc1ccccc1)C1CCOC2(CCSC2)C1. The smallest absolute Gasteiger partial charge is 0.0783 e. The molecule has 2 aliphatic rings. The molecule has 2 heterocycles. The Morgan fingerprint density at radius 3 is 2.95 bits per heavy atom. The Hall–Kier alpha value is -0.550. The van der Waals surface area contributed by atoms with Gasteiger partial charge in [-0.1, -0.05) is 30.3 Å². The van der Waals surface area contributed by atoms with Gasteiger partial charge in [0.05, 0.1) is 5.60 Å². The molecule has 3 atom stereocenters. The molecular formula is C16H24N2OS. The third-order valence-corrected chi connectivity index (χ3v) is 5.90. The van der Waals surface area contributed by atoms with Crippen molar-refractivity contribution in [2.75, 3.05) is 18.1 Å². The van der Waals surface area contributed by atoms with Crippen molar-refractivity contribution in [3.63, 3.8) is 0 Å². The minimum absolute atomic E-state index is 0.138. The Labute approximate surface area is 125 Å². The molecule has 0 saturated carbocycles. The van der Waals surface area contributed by atoms with Crippen molar-refractivity contribution in [1.29, 1.82) is 0 Å². The molecule has 2 saturated heterocycles. The summed E-state index contributed by atoms with van der Waals surface area (Å²) >= 11 is 2.03. The fraction of sp³-hybridized carbons (Fsp3) is 0.625. The molecule has 2 aliphatic heterocycles. The Morgan fingerprint density at radius 1 is 1.40 bits per heavy atom. The van der Waals surface area contributed by atoms with Crippen molar-refractivity contribution < 1.29 is 4.74 Å². The Bertz CT molecular complexity index is 420. The predicted molar refractivity (Wildman–Crippen MR) is 84.6 cm³/mol. The monoisotopic (exact) mass is 292 g/mol. The van der Waals surface area contributed by atoms with Gasteiger partial charge in [-0.2, -0.15) is 11.8 Å². The Morgan fingerprint density at radius 2 is 2.25 bits per heavy atom. The number of hydrogen-bond donors (Lipinski definition) is 2. The highest BCUT2D eigenvalue weighted by molar-refractivity contribution is 7.99. The fourth-order valence-electron chi connectivity index (χ4n) is 3.50. The molecule has 1 aromatic rings. The van der Waals surface area contributed by atoms with Gasteiger partial charge in [-0.15, -0.1) is 0 Å². The second-order valence-corrected chi connectivity index (χ2v) is 7.15. The van der Waals surface area contributed by atoms with Crippen LogP contribution in [0.25, 0.3) is 0 Å². The van der Waals surface area contributed by atoms with Crippen LogP contribution in [-0.4, -0.2) is 29.8 Å². The Kier molecular flexibility index (Phi) is 4.66. The maximum atomic E-state index is 6.11. The van der Waals surface area contributed by atoms with Gasteiger partial charge >= 0.3 is 0 Å². The number of rotatable bonds is 4. The molecule has 20 heavy (non-hydrogen) atoms. The van der Waals surface area contributed by atoms with E-state index in [-0.39, 0.29) is 5.60 Å². The molecule has 1 aromatic carbocycles. The first-order valence-corrected chi connectivity index (χ1v) is 8.69. The molecule has 3 N–H and O–H groups in total. The zero-order valence-corrected chi connectivity index (χ0v) is 12.7. The minimum Gasteiger partial charge on any atom is -0.374 e. The minimum atomic E-state index is 0.138. The predicted octanol–water partition coefficient (Wildman–Crippen LogP) is 2.36.